The molecule has 0 spiro atoms. The van der Waals surface area contributed by atoms with Crippen LogP contribution in [0.2, 0.25) is 0 Å². The fourth-order valence-corrected chi connectivity index (χ4v) is 5.70. The molecule has 1 saturated heterocycles. The number of phenolic OH excluding ortho intramolecular Hbond substituents is 1. The van der Waals surface area contributed by atoms with Gasteiger partial charge in [0, 0.05) is 48.0 Å². The third kappa shape index (κ3) is 6.76. The molecule has 0 saturated carbocycles. The van der Waals surface area contributed by atoms with Crippen LogP contribution in [0.1, 0.15) is 83.6 Å². The molecule has 0 bridgehead atoms. The van der Waals surface area contributed by atoms with Crippen LogP contribution in [0.4, 0.5) is 0 Å². The molecular formula is C32H42ClN3O. The molecule has 0 amide bonds. The van der Waals surface area contributed by atoms with Crippen LogP contribution in [-0.4, -0.2) is 28.9 Å². The summed E-state index contributed by atoms with van der Waals surface area (Å²) in [5.41, 5.74) is 4.43. The summed E-state index contributed by atoms with van der Waals surface area (Å²) in [5.74, 6) is 1.92. The number of amidine groups is 1. The second-order valence-corrected chi connectivity index (χ2v) is 12.6. The number of aromatic hydroxyl groups is 1. The molecule has 1 N–H and O–H groups in total. The van der Waals surface area contributed by atoms with Gasteiger partial charge < -0.3 is 10.0 Å². The number of rotatable bonds is 7. The van der Waals surface area contributed by atoms with E-state index in [-0.39, 0.29) is 16.7 Å². The SMILES string of the molecule is CCC[C@H]1CN(C/C(=C/C#N)c2cc(C(C)(C)C)c(O)c(C(C)(C)C)c2)/C(=N\Cl)[C@@H]1Cc1ccccc1. The van der Waals surface area contributed by atoms with E-state index >= 15 is 0 Å². The first-order valence-corrected chi connectivity index (χ1v) is 13.7. The standard InChI is InChI=1S/C32H42ClN3O/c1-8-12-24-21-36(30(35-33)26(24)17-22-13-10-9-11-14-22)20-23(15-16-34)25-18-27(31(2,3)4)29(37)28(19-25)32(5,6)7/h9-11,13-15,18-19,24,26,37H,8,12,17,20-21H2,1-7H3/b23-15-,35-30-/t24-,26+/m0/s1. The van der Waals surface area contributed by atoms with Crippen molar-refractivity contribution in [2.45, 2.75) is 78.6 Å². The van der Waals surface area contributed by atoms with Crippen LogP contribution < -0.4 is 0 Å². The Balaban J connectivity index is 2.03. The Morgan fingerprint density at radius 1 is 1.11 bits per heavy atom. The summed E-state index contributed by atoms with van der Waals surface area (Å²) in [6.45, 7) is 16.3. The Morgan fingerprint density at radius 3 is 2.19 bits per heavy atom. The van der Waals surface area contributed by atoms with E-state index in [0.29, 0.717) is 18.2 Å². The number of hydrogen-bond acceptors (Lipinski definition) is 3. The summed E-state index contributed by atoms with van der Waals surface area (Å²) in [5, 5.41) is 20.9. The van der Waals surface area contributed by atoms with E-state index in [4.69, 9.17) is 11.8 Å². The van der Waals surface area contributed by atoms with Crippen LogP contribution in [0.5, 0.6) is 5.75 Å². The molecule has 37 heavy (non-hydrogen) atoms. The lowest BCUT2D eigenvalue weighted by Gasteiger charge is -2.29. The third-order valence-corrected chi connectivity index (χ3v) is 7.59. The Kier molecular flexibility index (Phi) is 9.13. The molecule has 3 rings (SSSR count). The highest BCUT2D eigenvalue weighted by Gasteiger charge is 2.38. The maximum absolute atomic E-state index is 11.2. The molecule has 0 unspecified atom stereocenters. The summed E-state index contributed by atoms with van der Waals surface area (Å²) in [6, 6.07) is 16.9. The van der Waals surface area contributed by atoms with Gasteiger partial charge in [-0.25, -0.2) is 0 Å². The number of allylic oxidation sites excluding steroid dienone is 1. The zero-order valence-corrected chi connectivity index (χ0v) is 24.2. The highest BCUT2D eigenvalue weighted by atomic mass is 35.5. The molecule has 2 aromatic carbocycles. The molecule has 0 aromatic heterocycles. The molecule has 1 aliphatic rings. The zero-order valence-electron chi connectivity index (χ0n) is 23.5. The molecule has 1 aliphatic heterocycles. The fraction of sp³-hybridized carbons (Fsp3) is 0.500. The minimum absolute atomic E-state index is 0.235. The van der Waals surface area contributed by atoms with Gasteiger partial charge in [0.25, 0.3) is 0 Å². The molecular weight excluding hydrogens is 478 g/mol. The van der Waals surface area contributed by atoms with Crippen molar-refractivity contribution in [3.63, 3.8) is 0 Å². The molecule has 1 fully saturated rings. The maximum Gasteiger partial charge on any atom is 0.123 e. The maximum atomic E-state index is 11.2. The van der Waals surface area contributed by atoms with E-state index in [9.17, 15) is 10.4 Å². The lowest BCUT2D eigenvalue weighted by Crippen LogP contribution is -2.30. The second-order valence-electron chi connectivity index (χ2n) is 12.4. The largest absolute Gasteiger partial charge is 0.507 e. The smallest absolute Gasteiger partial charge is 0.123 e. The van der Waals surface area contributed by atoms with Crippen molar-refractivity contribution in [2.24, 2.45) is 16.3 Å². The number of benzene rings is 2. The molecule has 1 heterocycles. The van der Waals surface area contributed by atoms with Gasteiger partial charge in [0.2, 0.25) is 0 Å². The molecule has 2 atom stereocenters. The topological polar surface area (TPSA) is 59.6 Å². The van der Waals surface area contributed by atoms with Gasteiger partial charge in [-0.05, 0) is 58.4 Å². The zero-order chi connectivity index (χ0) is 27.4. The number of hydrogen-bond donors (Lipinski definition) is 1. The van der Waals surface area contributed by atoms with Crippen molar-refractivity contribution in [1.29, 1.82) is 5.26 Å². The lowest BCUT2D eigenvalue weighted by atomic mass is 9.77. The van der Waals surface area contributed by atoms with Crippen LogP contribution in [-0.2, 0) is 17.3 Å². The van der Waals surface area contributed by atoms with Crippen LogP contribution >= 0.6 is 11.8 Å². The molecule has 198 valence electrons. The fourth-order valence-electron chi connectivity index (χ4n) is 5.47. The van der Waals surface area contributed by atoms with Crippen molar-refractivity contribution < 1.29 is 5.11 Å². The van der Waals surface area contributed by atoms with Gasteiger partial charge in [-0.1, -0.05) is 85.2 Å². The van der Waals surface area contributed by atoms with Crippen molar-refractivity contribution in [1.82, 2.24) is 4.90 Å². The van der Waals surface area contributed by atoms with E-state index in [1.165, 1.54) is 5.56 Å². The molecule has 0 aliphatic carbocycles. The summed E-state index contributed by atoms with van der Waals surface area (Å²) in [4.78, 5) is 2.25. The number of likely N-dealkylation sites (tertiary alicyclic amines) is 1. The third-order valence-electron chi connectivity index (χ3n) is 7.42. The van der Waals surface area contributed by atoms with Gasteiger partial charge in [0.1, 0.15) is 11.6 Å². The molecule has 4 nitrogen and oxygen atoms in total. The van der Waals surface area contributed by atoms with Crippen molar-refractivity contribution in [3.8, 4) is 11.8 Å². The molecule has 2 aromatic rings. The summed E-state index contributed by atoms with van der Waals surface area (Å²) in [7, 11) is 0. The van der Waals surface area contributed by atoms with Crippen molar-refractivity contribution >= 4 is 23.2 Å². The van der Waals surface area contributed by atoms with Crippen molar-refractivity contribution in [3.05, 3.63) is 70.8 Å². The normalized spacial score (nSPS) is 19.9. The Bertz CT molecular complexity index is 1140. The van der Waals surface area contributed by atoms with Gasteiger partial charge in [-0.15, -0.1) is 0 Å². The van der Waals surface area contributed by atoms with Gasteiger partial charge in [0.15, 0.2) is 0 Å². The molecule has 0 radical (unpaired) electrons. The van der Waals surface area contributed by atoms with Crippen LogP contribution in [0.15, 0.2) is 53.1 Å². The van der Waals surface area contributed by atoms with Crippen LogP contribution in [0, 0.1) is 23.2 Å². The summed E-state index contributed by atoms with van der Waals surface area (Å²) < 4.78 is 4.28. The van der Waals surface area contributed by atoms with E-state index in [0.717, 1.165) is 53.9 Å². The quantitative estimate of drug-likeness (QED) is 0.376. The highest BCUT2D eigenvalue weighted by Crippen LogP contribution is 2.42. The first-order chi connectivity index (χ1) is 17.4. The van der Waals surface area contributed by atoms with Crippen molar-refractivity contribution in [2.75, 3.05) is 13.1 Å². The number of phenols is 1. The summed E-state index contributed by atoms with van der Waals surface area (Å²) in [6.07, 6.45) is 4.73. The van der Waals surface area contributed by atoms with E-state index in [2.05, 4.69) is 88.2 Å². The highest BCUT2D eigenvalue weighted by molar-refractivity contribution is 6.20. The lowest BCUT2D eigenvalue weighted by molar-refractivity contribution is 0.373. The summed E-state index contributed by atoms with van der Waals surface area (Å²) >= 11 is 6.26. The van der Waals surface area contributed by atoms with Crippen LogP contribution in [0.25, 0.3) is 5.57 Å². The van der Waals surface area contributed by atoms with Gasteiger partial charge in [0.05, 0.1) is 6.07 Å². The monoisotopic (exact) mass is 519 g/mol. The van der Waals surface area contributed by atoms with E-state index < -0.39 is 0 Å². The first-order valence-electron chi connectivity index (χ1n) is 13.3. The second kappa shape index (κ2) is 11.7. The molecule has 5 heteroatoms. The predicted octanol–water partition coefficient (Wildman–Crippen LogP) is 8.04. The number of nitrogens with zero attached hydrogens (tertiary/aromatic N) is 3. The average Bonchev–Trinajstić information content (AvgIpc) is 3.13. The average molecular weight is 520 g/mol. The minimum atomic E-state index is -0.249. The number of nitriles is 1. The minimum Gasteiger partial charge on any atom is -0.507 e. The Morgan fingerprint density at radius 2 is 1.70 bits per heavy atom. The predicted molar refractivity (Wildman–Crippen MR) is 156 cm³/mol. The Labute approximate surface area is 228 Å². The van der Waals surface area contributed by atoms with Crippen LogP contribution in [0.3, 0.4) is 0 Å². The number of halogens is 1. The van der Waals surface area contributed by atoms with Gasteiger partial charge in [-0.2, -0.15) is 9.77 Å². The van der Waals surface area contributed by atoms with Gasteiger partial charge >= 0.3 is 0 Å². The Hall–Kier alpha value is -2.77. The van der Waals surface area contributed by atoms with Gasteiger partial charge in [-0.3, -0.25) is 0 Å². The van der Waals surface area contributed by atoms with E-state index in [1.54, 1.807) is 6.08 Å². The van der Waals surface area contributed by atoms with E-state index in [1.807, 2.05) is 18.2 Å². The first kappa shape index (κ1) is 28.8.